The van der Waals surface area contributed by atoms with Crippen LogP contribution in [0.1, 0.15) is 36.2 Å². The van der Waals surface area contributed by atoms with Crippen molar-refractivity contribution in [3.05, 3.63) is 35.4 Å². The summed E-state index contributed by atoms with van der Waals surface area (Å²) < 4.78 is 0. The van der Waals surface area contributed by atoms with E-state index in [4.69, 9.17) is 5.11 Å². The summed E-state index contributed by atoms with van der Waals surface area (Å²) in [6.45, 7) is 4.77. The number of nitrogens with zero attached hydrogens (tertiary/aromatic N) is 1. The van der Waals surface area contributed by atoms with E-state index in [-0.39, 0.29) is 35.8 Å². The van der Waals surface area contributed by atoms with Gasteiger partial charge in [-0.3, -0.25) is 9.59 Å². The maximum atomic E-state index is 12.1. The Labute approximate surface area is 135 Å². The smallest absolute Gasteiger partial charge is 0.335 e. The van der Waals surface area contributed by atoms with E-state index in [1.165, 1.54) is 6.07 Å². The average molecular weight is 318 g/mol. The van der Waals surface area contributed by atoms with Crippen LogP contribution in [0.25, 0.3) is 0 Å². The van der Waals surface area contributed by atoms with E-state index in [0.29, 0.717) is 19.5 Å². The van der Waals surface area contributed by atoms with Gasteiger partial charge in [0.05, 0.1) is 11.5 Å². The molecule has 1 aliphatic rings. The Morgan fingerprint density at radius 3 is 2.74 bits per heavy atom. The topological polar surface area (TPSA) is 86.7 Å². The quantitative estimate of drug-likeness (QED) is 0.828. The Bertz CT molecular complexity index is 612. The number of hydrogen-bond donors (Lipinski definition) is 2. The molecule has 1 unspecified atom stereocenters. The number of carbonyl (C=O) groups is 3. The van der Waals surface area contributed by atoms with Gasteiger partial charge in [0.1, 0.15) is 0 Å². The molecule has 1 aromatic carbocycles. The summed E-state index contributed by atoms with van der Waals surface area (Å²) in [6.07, 6.45) is 0.819. The lowest BCUT2D eigenvalue weighted by atomic mass is 10.1. The van der Waals surface area contributed by atoms with Crippen molar-refractivity contribution >= 4 is 17.8 Å². The van der Waals surface area contributed by atoms with Crippen LogP contribution in [-0.4, -0.2) is 46.9 Å². The third-order valence-corrected chi connectivity index (χ3v) is 4.04. The van der Waals surface area contributed by atoms with Gasteiger partial charge < -0.3 is 15.3 Å². The molecule has 0 aliphatic carbocycles. The van der Waals surface area contributed by atoms with Crippen molar-refractivity contribution in [3.63, 3.8) is 0 Å². The van der Waals surface area contributed by atoms with Crippen molar-refractivity contribution in [2.75, 3.05) is 13.1 Å². The highest BCUT2D eigenvalue weighted by molar-refractivity contribution is 5.89. The zero-order valence-electron chi connectivity index (χ0n) is 13.4. The summed E-state index contributed by atoms with van der Waals surface area (Å²) in [4.78, 5) is 36.6. The minimum absolute atomic E-state index is 0.0225. The molecule has 23 heavy (non-hydrogen) atoms. The molecule has 1 fully saturated rings. The largest absolute Gasteiger partial charge is 0.478 e. The van der Waals surface area contributed by atoms with Crippen LogP contribution in [0.3, 0.4) is 0 Å². The number of nitrogens with one attached hydrogen (secondary N) is 1. The molecule has 2 amide bonds. The molecule has 0 aromatic heterocycles. The van der Waals surface area contributed by atoms with Crippen LogP contribution in [0.4, 0.5) is 0 Å². The fraction of sp³-hybridized carbons (Fsp3) is 0.471. The zero-order valence-corrected chi connectivity index (χ0v) is 13.4. The van der Waals surface area contributed by atoms with Crippen molar-refractivity contribution in [2.45, 2.75) is 32.7 Å². The molecule has 2 rings (SSSR count). The van der Waals surface area contributed by atoms with Gasteiger partial charge in [0.15, 0.2) is 0 Å². The lowest BCUT2D eigenvalue weighted by Gasteiger charge is -2.20. The standard InChI is InChI=1S/C17H22N2O4/c1-11(2)19-10-14(9-15(19)20)16(21)18-7-6-12-4-3-5-13(8-12)17(22)23/h3-5,8,11,14H,6-7,9-10H2,1-2H3,(H,18,21)(H,22,23). The molecule has 0 radical (unpaired) electrons. The highest BCUT2D eigenvalue weighted by Gasteiger charge is 2.35. The minimum Gasteiger partial charge on any atom is -0.478 e. The van der Waals surface area contributed by atoms with Crippen molar-refractivity contribution in [1.29, 1.82) is 0 Å². The number of carbonyl (C=O) groups excluding carboxylic acids is 2. The molecule has 1 aliphatic heterocycles. The average Bonchev–Trinajstić information content (AvgIpc) is 2.89. The van der Waals surface area contributed by atoms with Crippen molar-refractivity contribution in [1.82, 2.24) is 10.2 Å². The summed E-state index contributed by atoms with van der Waals surface area (Å²) in [5.74, 6) is -1.35. The van der Waals surface area contributed by atoms with Gasteiger partial charge in [-0.05, 0) is 38.0 Å². The number of likely N-dealkylation sites (tertiary alicyclic amines) is 1. The summed E-state index contributed by atoms with van der Waals surface area (Å²) in [7, 11) is 0. The molecule has 2 N–H and O–H groups in total. The van der Waals surface area contributed by atoms with Crippen molar-refractivity contribution in [2.24, 2.45) is 5.92 Å². The number of carboxylic acids is 1. The van der Waals surface area contributed by atoms with Gasteiger partial charge in [0.2, 0.25) is 11.8 Å². The van der Waals surface area contributed by atoms with Crippen LogP contribution in [0.15, 0.2) is 24.3 Å². The maximum Gasteiger partial charge on any atom is 0.335 e. The first-order chi connectivity index (χ1) is 10.9. The van der Waals surface area contributed by atoms with E-state index in [9.17, 15) is 14.4 Å². The van der Waals surface area contributed by atoms with Gasteiger partial charge in [-0.1, -0.05) is 12.1 Å². The van der Waals surface area contributed by atoms with E-state index in [1.807, 2.05) is 19.9 Å². The molecule has 6 nitrogen and oxygen atoms in total. The lowest BCUT2D eigenvalue weighted by Crippen LogP contribution is -2.36. The van der Waals surface area contributed by atoms with Crippen LogP contribution < -0.4 is 5.32 Å². The predicted molar refractivity (Wildman–Crippen MR) is 85.1 cm³/mol. The number of aromatic carboxylic acids is 1. The van der Waals surface area contributed by atoms with Crippen LogP contribution in [0.5, 0.6) is 0 Å². The first-order valence-corrected chi connectivity index (χ1v) is 7.78. The second-order valence-electron chi connectivity index (χ2n) is 6.09. The monoisotopic (exact) mass is 318 g/mol. The zero-order chi connectivity index (χ0) is 17.0. The molecule has 1 heterocycles. The second-order valence-corrected chi connectivity index (χ2v) is 6.09. The van der Waals surface area contributed by atoms with Gasteiger partial charge in [-0.2, -0.15) is 0 Å². The summed E-state index contributed by atoms with van der Waals surface area (Å²) >= 11 is 0. The highest BCUT2D eigenvalue weighted by atomic mass is 16.4. The molecular weight excluding hydrogens is 296 g/mol. The van der Waals surface area contributed by atoms with E-state index < -0.39 is 5.97 Å². The van der Waals surface area contributed by atoms with Crippen molar-refractivity contribution in [3.8, 4) is 0 Å². The van der Waals surface area contributed by atoms with Gasteiger partial charge >= 0.3 is 5.97 Å². The number of benzene rings is 1. The molecule has 0 bridgehead atoms. The molecule has 124 valence electrons. The lowest BCUT2D eigenvalue weighted by molar-refractivity contribution is -0.129. The molecule has 1 aromatic rings. The first-order valence-electron chi connectivity index (χ1n) is 7.78. The molecule has 1 saturated heterocycles. The van der Waals surface area contributed by atoms with Gasteiger partial charge in [0, 0.05) is 25.6 Å². The summed E-state index contributed by atoms with van der Waals surface area (Å²) in [5, 5.41) is 11.8. The van der Waals surface area contributed by atoms with E-state index >= 15 is 0 Å². The van der Waals surface area contributed by atoms with E-state index in [1.54, 1.807) is 17.0 Å². The van der Waals surface area contributed by atoms with Crippen molar-refractivity contribution < 1.29 is 19.5 Å². The van der Waals surface area contributed by atoms with E-state index in [0.717, 1.165) is 5.56 Å². The third-order valence-electron chi connectivity index (χ3n) is 4.04. The van der Waals surface area contributed by atoms with Crippen LogP contribution in [0.2, 0.25) is 0 Å². The Morgan fingerprint density at radius 2 is 2.13 bits per heavy atom. The summed E-state index contributed by atoms with van der Waals surface area (Å²) in [5.41, 5.74) is 1.10. The summed E-state index contributed by atoms with van der Waals surface area (Å²) in [6, 6.07) is 6.78. The minimum atomic E-state index is -0.964. The number of rotatable bonds is 6. The van der Waals surface area contributed by atoms with Crippen LogP contribution in [-0.2, 0) is 16.0 Å². The third kappa shape index (κ3) is 4.31. The van der Waals surface area contributed by atoms with Gasteiger partial charge in [-0.25, -0.2) is 4.79 Å². The molecular formula is C17H22N2O4. The number of hydrogen-bond acceptors (Lipinski definition) is 3. The fourth-order valence-corrected chi connectivity index (χ4v) is 2.74. The van der Waals surface area contributed by atoms with Gasteiger partial charge in [0.25, 0.3) is 0 Å². The predicted octanol–water partition coefficient (Wildman–Crippen LogP) is 1.30. The maximum absolute atomic E-state index is 12.1. The fourth-order valence-electron chi connectivity index (χ4n) is 2.74. The van der Waals surface area contributed by atoms with Crippen LogP contribution in [0, 0.1) is 5.92 Å². The molecule has 0 saturated carbocycles. The Hall–Kier alpha value is -2.37. The SMILES string of the molecule is CC(C)N1CC(C(=O)NCCc2cccc(C(=O)O)c2)CC1=O. The number of carboxylic acid groups (broad SMARTS) is 1. The normalized spacial score (nSPS) is 17.6. The Kier molecular flexibility index (Phi) is 5.36. The van der Waals surface area contributed by atoms with E-state index in [2.05, 4.69) is 5.32 Å². The molecule has 0 spiro atoms. The highest BCUT2D eigenvalue weighted by Crippen LogP contribution is 2.20. The molecule has 1 atom stereocenters. The van der Waals surface area contributed by atoms with Crippen LogP contribution >= 0.6 is 0 Å². The molecule has 6 heteroatoms. The Balaban J connectivity index is 1.83. The Morgan fingerprint density at radius 1 is 1.39 bits per heavy atom. The number of amides is 2. The van der Waals surface area contributed by atoms with Gasteiger partial charge in [-0.15, -0.1) is 0 Å². The second kappa shape index (κ2) is 7.26. The first kappa shape index (κ1) is 17.0.